The van der Waals surface area contributed by atoms with Crippen molar-refractivity contribution in [3.63, 3.8) is 0 Å². The van der Waals surface area contributed by atoms with E-state index in [2.05, 4.69) is 10.1 Å². The minimum Gasteiger partial charge on any atom is -0.444 e. The van der Waals surface area contributed by atoms with Crippen LogP contribution in [0.25, 0.3) is 11.5 Å². The maximum Gasteiger partial charge on any atom is 0.410 e. The minimum absolute atomic E-state index is 0.00858. The van der Waals surface area contributed by atoms with Crippen LogP contribution in [0.5, 0.6) is 0 Å². The van der Waals surface area contributed by atoms with Gasteiger partial charge in [0, 0.05) is 30.8 Å². The van der Waals surface area contributed by atoms with Crippen molar-refractivity contribution in [2.24, 2.45) is 0 Å². The summed E-state index contributed by atoms with van der Waals surface area (Å²) in [7, 11) is 0. The van der Waals surface area contributed by atoms with Gasteiger partial charge < -0.3 is 28.9 Å². The Morgan fingerprint density at radius 1 is 1.11 bits per heavy atom. The van der Waals surface area contributed by atoms with Crippen molar-refractivity contribution in [2.75, 3.05) is 26.2 Å². The molecule has 2 fully saturated rings. The van der Waals surface area contributed by atoms with Crippen LogP contribution in [-0.2, 0) is 16.1 Å². The average molecular weight is 487 g/mol. The molecule has 0 aliphatic carbocycles. The minimum atomic E-state index is -0.506. The summed E-state index contributed by atoms with van der Waals surface area (Å²) in [6.07, 6.45) is 2.89. The Bertz CT molecular complexity index is 1010. The van der Waals surface area contributed by atoms with Crippen molar-refractivity contribution >= 4 is 12.0 Å². The Hall–Kier alpha value is -2.98. The van der Waals surface area contributed by atoms with E-state index in [1.54, 1.807) is 34.1 Å². The summed E-state index contributed by atoms with van der Waals surface area (Å²) < 4.78 is 16.7. The van der Waals surface area contributed by atoms with Crippen LogP contribution in [0.3, 0.4) is 0 Å². The third-order valence-corrected chi connectivity index (χ3v) is 6.24. The van der Waals surface area contributed by atoms with Crippen molar-refractivity contribution in [1.82, 2.24) is 19.9 Å². The Kier molecular flexibility index (Phi) is 7.71. The van der Waals surface area contributed by atoms with E-state index in [0.29, 0.717) is 55.3 Å². The summed E-state index contributed by atoms with van der Waals surface area (Å²) in [5.41, 5.74) is 0.772. The first-order valence-corrected chi connectivity index (χ1v) is 12.2. The second-order valence-electron chi connectivity index (χ2n) is 10.0. The van der Waals surface area contributed by atoms with Gasteiger partial charge in [-0.15, -0.1) is 0 Å². The largest absolute Gasteiger partial charge is 0.444 e. The number of carbonyl (C=O) groups excluding carboxylic acids is 2. The van der Waals surface area contributed by atoms with Gasteiger partial charge in [-0.2, -0.15) is 4.98 Å². The smallest absolute Gasteiger partial charge is 0.410 e. The molecular formula is C25H34N4O6. The van der Waals surface area contributed by atoms with E-state index < -0.39 is 5.60 Å². The van der Waals surface area contributed by atoms with Gasteiger partial charge in [0.2, 0.25) is 0 Å². The third kappa shape index (κ3) is 6.37. The fourth-order valence-corrected chi connectivity index (χ4v) is 4.37. The monoisotopic (exact) mass is 486 g/mol. The van der Waals surface area contributed by atoms with Crippen LogP contribution in [0, 0.1) is 0 Å². The van der Waals surface area contributed by atoms with Crippen LogP contribution in [0.1, 0.15) is 62.6 Å². The first-order valence-electron chi connectivity index (χ1n) is 12.2. The van der Waals surface area contributed by atoms with E-state index in [1.807, 2.05) is 20.8 Å². The molecule has 35 heavy (non-hydrogen) atoms. The van der Waals surface area contributed by atoms with Gasteiger partial charge in [-0.05, 0) is 70.7 Å². The molecule has 0 saturated carbocycles. The van der Waals surface area contributed by atoms with Gasteiger partial charge in [0.1, 0.15) is 12.2 Å². The number of aliphatic hydroxyl groups is 1. The molecule has 2 saturated heterocycles. The van der Waals surface area contributed by atoms with E-state index >= 15 is 0 Å². The Labute approximate surface area is 205 Å². The lowest BCUT2D eigenvalue weighted by Crippen LogP contribution is -2.43. The molecule has 2 aromatic rings. The zero-order valence-corrected chi connectivity index (χ0v) is 20.6. The van der Waals surface area contributed by atoms with Crippen molar-refractivity contribution in [2.45, 2.75) is 70.8 Å². The molecule has 1 aromatic carbocycles. The highest BCUT2D eigenvalue weighted by Gasteiger charge is 2.29. The fourth-order valence-electron chi connectivity index (χ4n) is 4.37. The second-order valence-corrected chi connectivity index (χ2v) is 10.0. The first-order chi connectivity index (χ1) is 16.7. The molecule has 2 amide bonds. The van der Waals surface area contributed by atoms with Crippen LogP contribution < -0.4 is 0 Å². The van der Waals surface area contributed by atoms with Gasteiger partial charge in [-0.1, -0.05) is 5.16 Å². The Morgan fingerprint density at radius 2 is 1.83 bits per heavy atom. The molecule has 2 aliphatic heterocycles. The number of nitrogens with zero attached hydrogens (tertiary/aromatic N) is 4. The molecule has 1 N–H and O–H groups in total. The topological polar surface area (TPSA) is 118 Å². The van der Waals surface area contributed by atoms with Gasteiger partial charge in [0.15, 0.2) is 5.82 Å². The van der Waals surface area contributed by atoms with Crippen LogP contribution in [0.4, 0.5) is 4.79 Å². The molecule has 10 heteroatoms. The number of aliphatic hydroxyl groups excluding tert-OH is 1. The fraction of sp³-hybridized carbons (Fsp3) is 0.600. The van der Waals surface area contributed by atoms with E-state index in [9.17, 15) is 14.7 Å². The number of rotatable bonds is 6. The summed E-state index contributed by atoms with van der Waals surface area (Å²) in [5.74, 6) is 0.722. The maximum atomic E-state index is 12.7. The van der Waals surface area contributed by atoms with E-state index in [0.717, 1.165) is 12.8 Å². The SMILES string of the molecule is CC(C)(C)OC(=O)N1CCC(OCc2noc(-c3ccc(C(=O)N4CCC[C@@H]4CO)cc3)n2)CC1. The van der Waals surface area contributed by atoms with Crippen LogP contribution in [0.15, 0.2) is 28.8 Å². The summed E-state index contributed by atoms with van der Waals surface area (Å²) in [5, 5.41) is 13.5. The van der Waals surface area contributed by atoms with E-state index in [-0.39, 0.29) is 37.4 Å². The molecule has 0 spiro atoms. The normalized spacial score (nSPS) is 19.3. The molecule has 0 radical (unpaired) electrons. The van der Waals surface area contributed by atoms with Gasteiger partial charge in [0.25, 0.3) is 11.8 Å². The average Bonchev–Trinajstić information content (AvgIpc) is 3.51. The van der Waals surface area contributed by atoms with Crippen LogP contribution >= 0.6 is 0 Å². The number of amides is 2. The molecule has 1 aromatic heterocycles. The highest BCUT2D eigenvalue weighted by molar-refractivity contribution is 5.95. The molecule has 190 valence electrons. The zero-order chi connectivity index (χ0) is 25.0. The standard InChI is InChI=1S/C25H34N4O6/c1-25(2,3)34-24(32)28-13-10-20(11-14-28)33-16-21-26-22(35-27-21)17-6-8-18(9-7-17)23(31)29-12-4-5-19(29)15-30/h6-9,19-20,30H,4-5,10-16H2,1-3H3/t19-/m1/s1. The molecular weight excluding hydrogens is 452 g/mol. The predicted molar refractivity (Wildman–Crippen MR) is 126 cm³/mol. The number of hydrogen-bond donors (Lipinski definition) is 1. The van der Waals surface area contributed by atoms with E-state index in [1.165, 1.54) is 0 Å². The molecule has 3 heterocycles. The summed E-state index contributed by atoms with van der Waals surface area (Å²) in [6, 6.07) is 6.93. The van der Waals surface area contributed by atoms with Crippen molar-refractivity contribution in [1.29, 1.82) is 0 Å². The first kappa shape index (κ1) is 25.1. The van der Waals surface area contributed by atoms with Crippen LogP contribution in [-0.4, -0.2) is 81.0 Å². The number of hydrogen-bond acceptors (Lipinski definition) is 8. The Morgan fingerprint density at radius 3 is 2.49 bits per heavy atom. The Balaban J connectivity index is 1.26. The summed E-state index contributed by atoms with van der Waals surface area (Å²) >= 11 is 0. The molecule has 4 rings (SSSR count). The highest BCUT2D eigenvalue weighted by atomic mass is 16.6. The summed E-state index contributed by atoms with van der Waals surface area (Å²) in [6.45, 7) is 7.60. The van der Waals surface area contributed by atoms with Crippen molar-refractivity contribution in [3.05, 3.63) is 35.7 Å². The lowest BCUT2D eigenvalue weighted by Gasteiger charge is -2.33. The van der Waals surface area contributed by atoms with Gasteiger partial charge in [-0.25, -0.2) is 4.79 Å². The lowest BCUT2D eigenvalue weighted by molar-refractivity contribution is -0.0190. The van der Waals surface area contributed by atoms with Gasteiger partial charge in [0.05, 0.1) is 18.8 Å². The maximum absolute atomic E-state index is 12.7. The third-order valence-electron chi connectivity index (χ3n) is 6.24. The van der Waals surface area contributed by atoms with Gasteiger partial charge in [-0.3, -0.25) is 4.79 Å². The van der Waals surface area contributed by atoms with E-state index in [4.69, 9.17) is 14.0 Å². The molecule has 0 unspecified atom stereocenters. The number of benzene rings is 1. The number of aromatic nitrogens is 2. The number of carbonyl (C=O) groups is 2. The van der Waals surface area contributed by atoms with Gasteiger partial charge >= 0.3 is 6.09 Å². The van der Waals surface area contributed by atoms with Crippen molar-refractivity contribution < 1.29 is 28.7 Å². The highest BCUT2D eigenvalue weighted by Crippen LogP contribution is 2.23. The number of likely N-dealkylation sites (tertiary alicyclic amines) is 2. The number of piperidine rings is 1. The molecule has 0 bridgehead atoms. The lowest BCUT2D eigenvalue weighted by atomic mass is 10.1. The molecule has 10 nitrogen and oxygen atoms in total. The predicted octanol–water partition coefficient (Wildman–Crippen LogP) is 3.25. The van der Waals surface area contributed by atoms with Crippen molar-refractivity contribution in [3.8, 4) is 11.5 Å². The number of ether oxygens (including phenoxy) is 2. The zero-order valence-electron chi connectivity index (χ0n) is 20.6. The second kappa shape index (κ2) is 10.7. The molecule has 1 atom stereocenters. The summed E-state index contributed by atoms with van der Waals surface area (Å²) in [4.78, 5) is 32.8. The van der Waals surface area contributed by atoms with Crippen LogP contribution in [0.2, 0.25) is 0 Å². The molecule has 2 aliphatic rings. The quantitative estimate of drug-likeness (QED) is 0.661.